The Bertz CT molecular complexity index is 127. The summed E-state index contributed by atoms with van der Waals surface area (Å²) in [5.41, 5.74) is 0. The molecule has 0 aliphatic carbocycles. The van der Waals surface area contributed by atoms with E-state index in [1.54, 1.807) is 0 Å². The zero-order valence-corrected chi connectivity index (χ0v) is 4.66. The summed E-state index contributed by atoms with van der Waals surface area (Å²) < 4.78 is 67.1. The third-order valence-electron chi connectivity index (χ3n) is 0.774. The summed E-state index contributed by atoms with van der Waals surface area (Å²) in [5, 5.41) is 14.6. The Hall–Kier alpha value is -0.500. The minimum Gasteiger partial charge on any atom is -0.348 e. The van der Waals surface area contributed by atoms with Crippen LogP contribution in [0.15, 0.2) is 0 Å². The van der Waals surface area contributed by atoms with Crippen LogP contribution in [-0.4, -0.2) is 28.4 Å². The fraction of sp³-hybridized carbons (Fsp3) is 1.00. The van der Waals surface area contributed by atoms with Crippen LogP contribution in [0.5, 0.6) is 0 Å². The molecule has 0 aromatic heterocycles. The Kier molecular flexibility index (Phi) is 2.14. The highest BCUT2D eigenvalue weighted by Crippen LogP contribution is 2.41. The van der Waals surface area contributed by atoms with Crippen molar-refractivity contribution in [3.05, 3.63) is 0 Å². The maximum Gasteiger partial charge on any atom is 0.457 e. The largest absolute Gasteiger partial charge is 0.457 e. The molecule has 0 amide bonds. The monoisotopic (exact) mass is 184 g/mol. The van der Waals surface area contributed by atoms with E-state index < -0.39 is 18.1 Å². The highest BCUT2D eigenvalue weighted by Gasteiger charge is 2.71. The summed E-state index contributed by atoms with van der Waals surface area (Å²) in [6.07, 6.45) is -12.1. The first-order valence-corrected chi connectivity index (χ1v) is 2.08. The minimum absolute atomic E-state index is 5.86. The van der Waals surface area contributed by atoms with Crippen LogP contribution in [0, 0.1) is 0 Å². The minimum atomic E-state index is -6.23. The summed E-state index contributed by atoms with van der Waals surface area (Å²) in [6, 6.07) is 0. The number of hydrogen-bond acceptors (Lipinski definition) is 2. The second-order valence-corrected chi connectivity index (χ2v) is 1.66. The first kappa shape index (κ1) is 10.5. The van der Waals surface area contributed by atoms with Crippen molar-refractivity contribution < 1.29 is 36.6 Å². The SMILES string of the molecule is OC(F)(F)[C@@](O)(F)C(F)(F)F. The van der Waals surface area contributed by atoms with Gasteiger partial charge in [0.15, 0.2) is 0 Å². The third kappa shape index (κ3) is 1.74. The molecule has 2 N–H and O–H groups in total. The molecular formula is C3H2F6O2. The van der Waals surface area contributed by atoms with E-state index >= 15 is 0 Å². The van der Waals surface area contributed by atoms with E-state index in [1.165, 1.54) is 0 Å². The van der Waals surface area contributed by atoms with Crippen LogP contribution in [0.1, 0.15) is 0 Å². The first-order valence-electron chi connectivity index (χ1n) is 2.08. The van der Waals surface area contributed by atoms with Crippen molar-refractivity contribution in [3.63, 3.8) is 0 Å². The molecule has 2 nitrogen and oxygen atoms in total. The molecule has 0 radical (unpaired) electrons. The molecule has 1 atom stereocenters. The second-order valence-electron chi connectivity index (χ2n) is 1.66. The zero-order chi connectivity index (χ0) is 9.50. The molecule has 0 aromatic rings. The van der Waals surface area contributed by atoms with Gasteiger partial charge in [-0.05, 0) is 0 Å². The zero-order valence-electron chi connectivity index (χ0n) is 4.66. The van der Waals surface area contributed by atoms with Crippen LogP contribution in [0.25, 0.3) is 0 Å². The van der Waals surface area contributed by atoms with Crippen molar-refractivity contribution in [2.45, 2.75) is 18.1 Å². The van der Waals surface area contributed by atoms with Gasteiger partial charge in [0.2, 0.25) is 0 Å². The van der Waals surface area contributed by atoms with E-state index in [9.17, 15) is 26.3 Å². The summed E-state index contributed by atoms with van der Waals surface area (Å²) in [7, 11) is 0. The molecule has 0 aliphatic heterocycles. The van der Waals surface area contributed by atoms with Crippen molar-refractivity contribution >= 4 is 0 Å². The fourth-order valence-corrected chi connectivity index (χ4v) is 0.171. The molecular weight excluding hydrogens is 182 g/mol. The van der Waals surface area contributed by atoms with E-state index in [0.29, 0.717) is 0 Å². The van der Waals surface area contributed by atoms with E-state index in [1.807, 2.05) is 0 Å². The number of halogens is 6. The third-order valence-corrected chi connectivity index (χ3v) is 0.774. The Labute approximate surface area is 56.1 Å². The summed E-state index contributed by atoms with van der Waals surface area (Å²) in [4.78, 5) is 0. The molecule has 0 saturated carbocycles. The van der Waals surface area contributed by atoms with Crippen molar-refractivity contribution in [1.29, 1.82) is 0 Å². The van der Waals surface area contributed by atoms with Crippen LogP contribution < -0.4 is 0 Å². The molecule has 0 rings (SSSR count). The van der Waals surface area contributed by atoms with Crippen LogP contribution >= 0.6 is 0 Å². The van der Waals surface area contributed by atoms with Gasteiger partial charge in [-0.2, -0.15) is 26.3 Å². The lowest BCUT2D eigenvalue weighted by Crippen LogP contribution is -2.55. The van der Waals surface area contributed by atoms with Crippen molar-refractivity contribution in [2.75, 3.05) is 0 Å². The molecule has 0 fully saturated rings. The summed E-state index contributed by atoms with van der Waals surface area (Å²) in [5.74, 6) is -5.90. The molecule has 0 aromatic carbocycles. The molecule has 0 aliphatic rings. The summed E-state index contributed by atoms with van der Waals surface area (Å²) >= 11 is 0. The number of aliphatic hydroxyl groups is 2. The van der Waals surface area contributed by atoms with Crippen molar-refractivity contribution in [1.82, 2.24) is 0 Å². The fourth-order valence-electron chi connectivity index (χ4n) is 0.171. The maximum atomic E-state index is 11.5. The van der Waals surface area contributed by atoms with Gasteiger partial charge in [0, 0.05) is 0 Å². The lowest BCUT2D eigenvalue weighted by molar-refractivity contribution is -0.438. The molecule has 0 unspecified atom stereocenters. The van der Waals surface area contributed by atoms with Crippen LogP contribution in [0.4, 0.5) is 26.3 Å². The highest BCUT2D eigenvalue weighted by molar-refractivity contribution is 4.82. The van der Waals surface area contributed by atoms with Gasteiger partial charge in [-0.3, -0.25) is 0 Å². The van der Waals surface area contributed by atoms with Gasteiger partial charge in [-0.1, -0.05) is 0 Å². The lowest BCUT2D eigenvalue weighted by Gasteiger charge is -2.25. The molecule has 0 bridgehead atoms. The quantitative estimate of drug-likeness (QED) is 0.591. The second kappa shape index (κ2) is 2.24. The maximum absolute atomic E-state index is 11.5. The van der Waals surface area contributed by atoms with Gasteiger partial charge in [-0.15, -0.1) is 0 Å². The normalized spacial score (nSPS) is 19.6. The topological polar surface area (TPSA) is 40.5 Å². The van der Waals surface area contributed by atoms with Crippen LogP contribution in [0.2, 0.25) is 0 Å². The number of rotatable bonds is 1. The predicted molar refractivity (Wildman–Crippen MR) is 19.3 cm³/mol. The Balaban J connectivity index is 4.75. The average molecular weight is 184 g/mol. The highest BCUT2D eigenvalue weighted by atomic mass is 19.4. The Morgan fingerprint density at radius 2 is 1.00 bits per heavy atom. The lowest BCUT2D eigenvalue weighted by atomic mass is 10.3. The Morgan fingerprint density at radius 3 is 1.00 bits per heavy atom. The van der Waals surface area contributed by atoms with Crippen molar-refractivity contribution in [2.24, 2.45) is 0 Å². The van der Waals surface area contributed by atoms with E-state index in [0.717, 1.165) is 0 Å². The first-order chi connectivity index (χ1) is 4.50. The molecule has 0 spiro atoms. The van der Waals surface area contributed by atoms with E-state index in [-0.39, 0.29) is 0 Å². The number of hydrogen-bond donors (Lipinski definition) is 2. The van der Waals surface area contributed by atoms with Gasteiger partial charge >= 0.3 is 18.1 Å². The van der Waals surface area contributed by atoms with Crippen molar-refractivity contribution in [3.8, 4) is 0 Å². The van der Waals surface area contributed by atoms with Gasteiger partial charge in [0.25, 0.3) is 0 Å². The summed E-state index contributed by atoms with van der Waals surface area (Å²) in [6.45, 7) is 0. The molecule has 0 heterocycles. The average Bonchev–Trinajstić information content (AvgIpc) is 1.58. The van der Waals surface area contributed by atoms with Gasteiger partial charge in [0.1, 0.15) is 0 Å². The number of alkyl halides is 6. The molecule has 68 valence electrons. The Morgan fingerprint density at radius 1 is 0.727 bits per heavy atom. The van der Waals surface area contributed by atoms with Crippen LogP contribution in [-0.2, 0) is 0 Å². The van der Waals surface area contributed by atoms with Gasteiger partial charge in [0.05, 0.1) is 0 Å². The van der Waals surface area contributed by atoms with Gasteiger partial charge in [-0.25, -0.2) is 0 Å². The smallest absolute Gasteiger partial charge is 0.348 e. The standard InChI is InChI=1S/C3H2F6O2/c4-1(10,2(5,6)7)3(8,9)11/h10-11H/t1-/m1/s1. The molecule has 0 saturated heterocycles. The van der Waals surface area contributed by atoms with Gasteiger partial charge < -0.3 is 10.2 Å². The van der Waals surface area contributed by atoms with E-state index in [2.05, 4.69) is 0 Å². The van der Waals surface area contributed by atoms with Crippen LogP contribution in [0.3, 0.4) is 0 Å². The predicted octanol–water partition coefficient (Wildman–Crippen LogP) is 0.792. The van der Waals surface area contributed by atoms with E-state index in [4.69, 9.17) is 10.2 Å². The molecule has 8 heteroatoms. The molecule has 11 heavy (non-hydrogen) atoms.